The highest BCUT2D eigenvalue weighted by Gasteiger charge is 2.44. The standard InChI is InChI=1S/C20H20N2O5S/c1-13-3-9-17(10-4-13)28(26,27)22-18(11-12-19(22)24)20(25)21-16-7-5-15(6-8-16)14(2)23/h3-10,18H,11-12H2,1-2H3,(H,21,25). The molecule has 0 spiro atoms. The molecule has 0 radical (unpaired) electrons. The molecule has 2 aromatic carbocycles. The number of hydrogen-bond donors (Lipinski definition) is 1. The molecule has 7 nitrogen and oxygen atoms in total. The largest absolute Gasteiger partial charge is 0.324 e. The summed E-state index contributed by atoms with van der Waals surface area (Å²) in [6.45, 7) is 3.26. The van der Waals surface area contributed by atoms with Crippen LogP contribution in [-0.2, 0) is 19.6 Å². The minimum absolute atomic E-state index is 0.0214. The molecule has 1 heterocycles. The Kier molecular flexibility index (Phi) is 5.33. The molecule has 0 saturated carbocycles. The summed E-state index contributed by atoms with van der Waals surface area (Å²) < 4.78 is 26.5. The first kappa shape index (κ1) is 19.8. The van der Waals surface area contributed by atoms with Crippen LogP contribution in [0.4, 0.5) is 5.69 Å². The SMILES string of the molecule is CC(=O)c1ccc(NC(=O)C2CCC(=O)N2S(=O)(=O)c2ccc(C)cc2)cc1. The Hall–Kier alpha value is -3.00. The van der Waals surface area contributed by atoms with Crippen molar-refractivity contribution >= 4 is 33.3 Å². The summed E-state index contributed by atoms with van der Waals surface area (Å²) in [5, 5.41) is 2.62. The number of amides is 2. The summed E-state index contributed by atoms with van der Waals surface area (Å²) in [5.41, 5.74) is 1.80. The Bertz CT molecular complexity index is 1030. The van der Waals surface area contributed by atoms with Gasteiger partial charge in [0, 0.05) is 17.7 Å². The smallest absolute Gasteiger partial charge is 0.267 e. The molecule has 1 atom stereocenters. The summed E-state index contributed by atoms with van der Waals surface area (Å²) in [7, 11) is -4.13. The van der Waals surface area contributed by atoms with E-state index in [2.05, 4.69) is 5.32 Å². The van der Waals surface area contributed by atoms with E-state index >= 15 is 0 Å². The second-order valence-electron chi connectivity index (χ2n) is 6.68. The zero-order chi connectivity index (χ0) is 20.5. The highest BCUT2D eigenvalue weighted by Crippen LogP contribution is 2.28. The highest BCUT2D eigenvalue weighted by atomic mass is 32.2. The Morgan fingerprint density at radius 3 is 2.21 bits per heavy atom. The van der Waals surface area contributed by atoms with E-state index in [0.29, 0.717) is 15.6 Å². The number of nitrogens with zero attached hydrogens (tertiary/aromatic N) is 1. The molecule has 8 heteroatoms. The maximum Gasteiger partial charge on any atom is 0.267 e. The van der Waals surface area contributed by atoms with Gasteiger partial charge in [-0.1, -0.05) is 17.7 Å². The molecule has 2 aromatic rings. The van der Waals surface area contributed by atoms with Crippen LogP contribution in [0.2, 0.25) is 0 Å². The molecule has 1 unspecified atom stereocenters. The van der Waals surface area contributed by atoms with Crippen LogP contribution < -0.4 is 5.32 Å². The van der Waals surface area contributed by atoms with Gasteiger partial charge in [0.25, 0.3) is 10.0 Å². The molecular weight excluding hydrogens is 380 g/mol. The number of sulfonamides is 1. The van der Waals surface area contributed by atoms with Gasteiger partial charge in [0.05, 0.1) is 4.90 Å². The Labute approximate surface area is 163 Å². The Morgan fingerprint density at radius 1 is 1.04 bits per heavy atom. The minimum Gasteiger partial charge on any atom is -0.324 e. The quantitative estimate of drug-likeness (QED) is 0.777. The molecule has 1 fully saturated rings. The number of ketones is 1. The van der Waals surface area contributed by atoms with Crippen molar-refractivity contribution in [1.29, 1.82) is 0 Å². The van der Waals surface area contributed by atoms with E-state index in [4.69, 9.17) is 0 Å². The number of carbonyl (C=O) groups excluding carboxylic acids is 3. The first-order valence-electron chi connectivity index (χ1n) is 8.76. The van der Waals surface area contributed by atoms with Gasteiger partial charge in [0.15, 0.2) is 5.78 Å². The van der Waals surface area contributed by atoms with E-state index in [0.717, 1.165) is 5.56 Å². The van der Waals surface area contributed by atoms with Gasteiger partial charge >= 0.3 is 0 Å². The first-order chi connectivity index (χ1) is 13.2. The molecule has 1 aliphatic heterocycles. The average Bonchev–Trinajstić information content (AvgIpc) is 3.05. The van der Waals surface area contributed by atoms with E-state index in [9.17, 15) is 22.8 Å². The van der Waals surface area contributed by atoms with Crippen molar-refractivity contribution < 1.29 is 22.8 Å². The number of carbonyl (C=O) groups is 3. The fraction of sp³-hybridized carbons (Fsp3) is 0.250. The van der Waals surface area contributed by atoms with Gasteiger partial charge in [-0.25, -0.2) is 12.7 Å². The lowest BCUT2D eigenvalue weighted by Gasteiger charge is -2.23. The summed E-state index contributed by atoms with van der Waals surface area (Å²) in [5.74, 6) is -1.29. The first-order valence-corrected chi connectivity index (χ1v) is 10.2. The lowest BCUT2D eigenvalue weighted by Crippen LogP contribution is -2.45. The Morgan fingerprint density at radius 2 is 1.64 bits per heavy atom. The lowest BCUT2D eigenvalue weighted by molar-refractivity contribution is -0.128. The molecule has 3 rings (SSSR count). The fourth-order valence-electron chi connectivity index (χ4n) is 3.04. The van der Waals surface area contributed by atoms with Gasteiger partial charge in [-0.15, -0.1) is 0 Å². The van der Waals surface area contributed by atoms with Gasteiger partial charge in [0.1, 0.15) is 6.04 Å². The fourth-order valence-corrected chi connectivity index (χ4v) is 4.64. The highest BCUT2D eigenvalue weighted by molar-refractivity contribution is 7.89. The van der Waals surface area contributed by atoms with E-state index in [-0.39, 0.29) is 23.5 Å². The van der Waals surface area contributed by atoms with Gasteiger partial charge in [-0.2, -0.15) is 0 Å². The van der Waals surface area contributed by atoms with Crippen molar-refractivity contribution in [2.75, 3.05) is 5.32 Å². The average molecular weight is 400 g/mol. The molecule has 146 valence electrons. The van der Waals surface area contributed by atoms with Crippen molar-refractivity contribution in [3.63, 3.8) is 0 Å². The van der Waals surface area contributed by atoms with Gasteiger partial charge in [0.2, 0.25) is 11.8 Å². The summed E-state index contributed by atoms with van der Waals surface area (Å²) in [6, 6.07) is 11.3. The summed E-state index contributed by atoms with van der Waals surface area (Å²) >= 11 is 0. The second kappa shape index (κ2) is 7.55. The summed E-state index contributed by atoms with van der Waals surface area (Å²) in [4.78, 5) is 36.3. The van der Waals surface area contributed by atoms with Gasteiger partial charge in [-0.3, -0.25) is 14.4 Å². The number of Topliss-reactive ketones (excluding diaryl/α,β-unsaturated/α-hetero) is 1. The van der Waals surface area contributed by atoms with Crippen LogP contribution in [0.1, 0.15) is 35.7 Å². The van der Waals surface area contributed by atoms with E-state index < -0.39 is 27.9 Å². The van der Waals surface area contributed by atoms with E-state index in [1.54, 1.807) is 36.4 Å². The van der Waals surface area contributed by atoms with Crippen LogP contribution in [0.3, 0.4) is 0 Å². The van der Waals surface area contributed by atoms with E-state index in [1.807, 2.05) is 6.92 Å². The minimum atomic E-state index is -4.13. The molecule has 0 aromatic heterocycles. The van der Waals surface area contributed by atoms with Crippen LogP contribution in [0.5, 0.6) is 0 Å². The zero-order valence-electron chi connectivity index (χ0n) is 15.5. The number of aryl methyl sites for hydroxylation is 1. The van der Waals surface area contributed by atoms with Crippen LogP contribution in [0.25, 0.3) is 0 Å². The second-order valence-corrected chi connectivity index (χ2v) is 8.50. The number of benzene rings is 2. The normalized spacial score (nSPS) is 16.9. The lowest BCUT2D eigenvalue weighted by atomic mass is 10.1. The van der Waals surface area contributed by atoms with Crippen LogP contribution in [-0.4, -0.2) is 36.4 Å². The van der Waals surface area contributed by atoms with Crippen molar-refractivity contribution in [3.05, 3.63) is 59.7 Å². The van der Waals surface area contributed by atoms with Crippen molar-refractivity contribution in [3.8, 4) is 0 Å². The number of anilines is 1. The number of rotatable bonds is 5. The molecule has 0 bridgehead atoms. The summed E-state index contributed by atoms with van der Waals surface area (Å²) in [6.07, 6.45) is 0.0910. The third-order valence-electron chi connectivity index (χ3n) is 4.60. The van der Waals surface area contributed by atoms with Crippen LogP contribution >= 0.6 is 0 Å². The number of hydrogen-bond acceptors (Lipinski definition) is 5. The van der Waals surface area contributed by atoms with Crippen LogP contribution in [0.15, 0.2) is 53.4 Å². The predicted octanol–water partition coefficient (Wildman–Crippen LogP) is 2.52. The molecular formula is C20H20N2O5S. The van der Waals surface area contributed by atoms with Crippen LogP contribution in [0, 0.1) is 6.92 Å². The Balaban J connectivity index is 1.84. The maximum atomic E-state index is 12.9. The third kappa shape index (κ3) is 3.82. The predicted molar refractivity (Wildman–Crippen MR) is 103 cm³/mol. The molecule has 28 heavy (non-hydrogen) atoms. The molecule has 1 N–H and O–H groups in total. The van der Waals surface area contributed by atoms with Gasteiger partial charge < -0.3 is 5.32 Å². The number of nitrogens with one attached hydrogen (secondary N) is 1. The van der Waals surface area contributed by atoms with E-state index in [1.165, 1.54) is 19.1 Å². The molecule has 1 aliphatic rings. The molecule has 0 aliphatic carbocycles. The van der Waals surface area contributed by atoms with Crippen molar-refractivity contribution in [1.82, 2.24) is 4.31 Å². The topological polar surface area (TPSA) is 101 Å². The van der Waals surface area contributed by atoms with Crippen molar-refractivity contribution in [2.45, 2.75) is 37.6 Å². The van der Waals surface area contributed by atoms with Gasteiger partial charge in [-0.05, 0) is 56.7 Å². The third-order valence-corrected chi connectivity index (χ3v) is 6.44. The maximum absolute atomic E-state index is 12.9. The van der Waals surface area contributed by atoms with Crippen molar-refractivity contribution in [2.24, 2.45) is 0 Å². The molecule has 1 saturated heterocycles. The monoisotopic (exact) mass is 400 g/mol. The zero-order valence-corrected chi connectivity index (χ0v) is 16.3. The molecule has 2 amide bonds.